The van der Waals surface area contributed by atoms with Gasteiger partial charge in [0.2, 0.25) is 0 Å². The van der Waals surface area contributed by atoms with Gasteiger partial charge in [-0.1, -0.05) is 30.3 Å². The molecule has 140 valence electrons. The lowest BCUT2D eigenvalue weighted by atomic mass is 10.2. The highest BCUT2D eigenvalue weighted by molar-refractivity contribution is 5.80. The van der Waals surface area contributed by atoms with Gasteiger partial charge >= 0.3 is 0 Å². The van der Waals surface area contributed by atoms with E-state index >= 15 is 0 Å². The molecule has 2 unspecified atom stereocenters. The van der Waals surface area contributed by atoms with Crippen molar-refractivity contribution in [3.8, 4) is 0 Å². The van der Waals surface area contributed by atoms with E-state index in [1.54, 1.807) is 0 Å². The van der Waals surface area contributed by atoms with Gasteiger partial charge in [-0.2, -0.15) is 0 Å². The van der Waals surface area contributed by atoms with E-state index in [-0.39, 0.29) is 0 Å². The molecule has 0 amide bonds. The monoisotopic (exact) mass is 346 g/mol. The van der Waals surface area contributed by atoms with E-state index in [0.29, 0.717) is 12.1 Å². The van der Waals surface area contributed by atoms with Gasteiger partial charge in [0, 0.05) is 52.0 Å². The zero-order chi connectivity index (χ0) is 17.9. The molecule has 1 fully saturated rings. The number of hydrogen-bond acceptors (Lipinski definition) is 3. The van der Waals surface area contributed by atoms with E-state index in [1.165, 1.54) is 5.56 Å². The smallest absolute Gasteiger partial charge is 0.191 e. The van der Waals surface area contributed by atoms with Crippen molar-refractivity contribution in [1.29, 1.82) is 0 Å². The summed E-state index contributed by atoms with van der Waals surface area (Å²) in [5.74, 6) is 0.912. The van der Waals surface area contributed by atoms with E-state index in [0.717, 1.165) is 58.1 Å². The van der Waals surface area contributed by atoms with Gasteiger partial charge in [0.1, 0.15) is 0 Å². The standard InChI is InChI=1S/C20H34N4O/c1-4-25-13-9-8-12-22-20(21-3)23-19-14-17(2)24(16-19)15-18-10-6-5-7-11-18/h5-7,10-11,17,19H,4,8-9,12-16H2,1-3H3,(H2,21,22,23). The third kappa shape index (κ3) is 7.04. The molecule has 2 atom stereocenters. The SMILES string of the molecule is CCOCCCCNC(=NC)NC1CC(C)N(Cc2ccccc2)C1. The molecule has 0 spiro atoms. The van der Waals surface area contributed by atoms with Crippen LogP contribution < -0.4 is 10.6 Å². The van der Waals surface area contributed by atoms with Crippen molar-refractivity contribution in [3.63, 3.8) is 0 Å². The summed E-state index contributed by atoms with van der Waals surface area (Å²) in [4.78, 5) is 6.91. The molecule has 2 rings (SSSR count). The fourth-order valence-corrected chi connectivity index (χ4v) is 3.31. The summed E-state index contributed by atoms with van der Waals surface area (Å²) < 4.78 is 5.37. The van der Waals surface area contributed by atoms with E-state index in [4.69, 9.17) is 4.74 Å². The van der Waals surface area contributed by atoms with Crippen molar-refractivity contribution < 1.29 is 4.74 Å². The summed E-state index contributed by atoms with van der Waals surface area (Å²) in [6.07, 6.45) is 3.34. The molecular weight excluding hydrogens is 312 g/mol. The maximum atomic E-state index is 5.37. The molecule has 1 aliphatic heterocycles. The van der Waals surface area contributed by atoms with Crippen LogP contribution in [0.2, 0.25) is 0 Å². The van der Waals surface area contributed by atoms with Gasteiger partial charge in [0.15, 0.2) is 5.96 Å². The van der Waals surface area contributed by atoms with Crippen LogP contribution in [0.5, 0.6) is 0 Å². The highest BCUT2D eigenvalue weighted by atomic mass is 16.5. The number of unbranched alkanes of at least 4 members (excludes halogenated alkanes) is 1. The first kappa shape index (κ1) is 19.7. The lowest BCUT2D eigenvalue weighted by molar-refractivity contribution is 0.143. The Morgan fingerprint density at radius 2 is 2.08 bits per heavy atom. The quantitative estimate of drug-likeness (QED) is 0.410. The maximum Gasteiger partial charge on any atom is 0.191 e. The van der Waals surface area contributed by atoms with Gasteiger partial charge in [-0.15, -0.1) is 0 Å². The van der Waals surface area contributed by atoms with Crippen molar-refractivity contribution in [2.45, 2.75) is 51.7 Å². The van der Waals surface area contributed by atoms with Gasteiger partial charge < -0.3 is 15.4 Å². The highest BCUT2D eigenvalue weighted by Gasteiger charge is 2.29. The number of likely N-dealkylation sites (tertiary alicyclic amines) is 1. The molecule has 25 heavy (non-hydrogen) atoms. The Morgan fingerprint density at radius 1 is 1.28 bits per heavy atom. The van der Waals surface area contributed by atoms with Gasteiger partial charge in [-0.25, -0.2) is 0 Å². The zero-order valence-corrected chi connectivity index (χ0v) is 16.0. The van der Waals surface area contributed by atoms with Crippen molar-refractivity contribution in [2.24, 2.45) is 4.99 Å². The largest absolute Gasteiger partial charge is 0.382 e. The van der Waals surface area contributed by atoms with E-state index in [9.17, 15) is 0 Å². The molecule has 5 nitrogen and oxygen atoms in total. The molecule has 0 aliphatic carbocycles. The molecule has 1 saturated heterocycles. The summed E-state index contributed by atoms with van der Waals surface area (Å²) in [5, 5.41) is 7.00. The van der Waals surface area contributed by atoms with Crippen molar-refractivity contribution in [3.05, 3.63) is 35.9 Å². The van der Waals surface area contributed by atoms with E-state index < -0.39 is 0 Å². The first-order chi connectivity index (χ1) is 12.2. The lowest BCUT2D eigenvalue weighted by Crippen LogP contribution is -2.44. The molecule has 0 aromatic heterocycles. The van der Waals surface area contributed by atoms with Crippen LogP contribution in [0.3, 0.4) is 0 Å². The number of hydrogen-bond donors (Lipinski definition) is 2. The Hall–Kier alpha value is -1.59. The highest BCUT2D eigenvalue weighted by Crippen LogP contribution is 2.20. The Labute approximate surface area is 152 Å². The number of nitrogens with one attached hydrogen (secondary N) is 2. The molecule has 5 heteroatoms. The summed E-state index contributed by atoms with van der Waals surface area (Å²) in [6, 6.07) is 11.7. The normalized spacial score (nSPS) is 21.5. The minimum Gasteiger partial charge on any atom is -0.382 e. The molecule has 0 radical (unpaired) electrons. The number of benzene rings is 1. The lowest BCUT2D eigenvalue weighted by Gasteiger charge is -2.21. The summed E-state index contributed by atoms with van der Waals surface area (Å²) in [5.41, 5.74) is 1.38. The minimum absolute atomic E-state index is 0.452. The third-order valence-electron chi connectivity index (χ3n) is 4.71. The second kappa shape index (κ2) is 11.1. The van der Waals surface area contributed by atoms with Crippen molar-refractivity contribution in [1.82, 2.24) is 15.5 Å². The van der Waals surface area contributed by atoms with Crippen molar-refractivity contribution >= 4 is 5.96 Å². The Balaban J connectivity index is 1.70. The van der Waals surface area contributed by atoms with Gasteiger partial charge in [-0.3, -0.25) is 9.89 Å². The van der Waals surface area contributed by atoms with E-state index in [2.05, 4.69) is 57.8 Å². The van der Waals surface area contributed by atoms with Gasteiger partial charge in [0.25, 0.3) is 0 Å². The number of ether oxygens (including phenoxy) is 1. The molecule has 1 aromatic carbocycles. The molecule has 1 aliphatic rings. The van der Waals surface area contributed by atoms with Crippen LogP contribution in [0.25, 0.3) is 0 Å². The molecular formula is C20H34N4O. The van der Waals surface area contributed by atoms with Crippen LogP contribution in [0.4, 0.5) is 0 Å². The summed E-state index contributed by atoms with van der Waals surface area (Å²) >= 11 is 0. The van der Waals surface area contributed by atoms with Crippen LogP contribution in [0.1, 0.15) is 38.7 Å². The topological polar surface area (TPSA) is 48.9 Å². The molecule has 0 bridgehead atoms. The number of guanidine groups is 1. The second-order valence-corrected chi connectivity index (χ2v) is 6.74. The zero-order valence-electron chi connectivity index (χ0n) is 16.0. The minimum atomic E-state index is 0.452. The fraction of sp³-hybridized carbons (Fsp3) is 0.650. The molecule has 1 heterocycles. The van der Waals surface area contributed by atoms with Crippen LogP contribution in [-0.4, -0.2) is 56.3 Å². The van der Waals surface area contributed by atoms with Crippen LogP contribution >= 0.6 is 0 Å². The maximum absolute atomic E-state index is 5.37. The molecule has 2 N–H and O–H groups in total. The molecule has 0 saturated carbocycles. The Bertz CT molecular complexity index is 506. The Kier molecular flexibility index (Phi) is 8.77. The van der Waals surface area contributed by atoms with Crippen LogP contribution in [0.15, 0.2) is 35.3 Å². The van der Waals surface area contributed by atoms with Crippen molar-refractivity contribution in [2.75, 3.05) is 33.4 Å². The third-order valence-corrected chi connectivity index (χ3v) is 4.71. The van der Waals surface area contributed by atoms with Crippen LogP contribution in [0, 0.1) is 0 Å². The summed E-state index contributed by atoms with van der Waals surface area (Å²) in [7, 11) is 1.84. The fourth-order valence-electron chi connectivity index (χ4n) is 3.31. The first-order valence-electron chi connectivity index (χ1n) is 9.55. The predicted molar refractivity (Wildman–Crippen MR) is 105 cm³/mol. The van der Waals surface area contributed by atoms with E-state index in [1.807, 2.05) is 14.0 Å². The predicted octanol–water partition coefficient (Wildman–Crippen LogP) is 2.63. The molecule has 1 aromatic rings. The average molecular weight is 347 g/mol. The second-order valence-electron chi connectivity index (χ2n) is 6.74. The average Bonchev–Trinajstić information content (AvgIpc) is 2.97. The van der Waals surface area contributed by atoms with Gasteiger partial charge in [-0.05, 0) is 38.7 Å². The Morgan fingerprint density at radius 3 is 2.80 bits per heavy atom. The first-order valence-corrected chi connectivity index (χ1v) is 9.55. The summed E-state index contributed by atoms with van der Waals surface area (Å²) in [6.45, 7) is 9.00. The number of aliphatic imine (C=N–C) groups is 1. The van der Waals surface area contributed by atoms with Crippen LogP contribution in [-0.2, 0) is 11.3 Å². The number of nitrogens with zero attached hydrogens (tertiary/aromatic N) is 2. The van der Waals surface area contributed by atoms with Gasteiger partial charge in [0.05, 0.1) is 0 Å². The number of rotatable bonds is 9.